The van der Waals surface area contributed by atoms with Crippen LogP contribution in [0.4, 0.5) is 13.2 Å². The summed E-state index contributed by atoms with van der Waals surface area (Å²) >= 11 is 0. The van der Waals surface area contributed by atoms with Gasteiger partial charge in [0.25, 0.3) is 11.5 Å². The summed E-state index contributed by atoms with van der Waals surface area (Å²) in [6.07, 6.45) is 0.166. The van der Waals surface area contributed by atoms with Gasteiger partial charge in [-0.05, 0) is 43.2 Å². The minimum Gasteiger partial charge on any atom is -0.495 e. The van der Waals surface area contributed by atoms with Crippen LogP contribution in [0.25, 0.3) is 10.9 Å². The highest BCUT2D eigenvalue weighted by atomic mass is 19.2. The topological polar surface area (TPSA) is 71.2 Å². The van der Waals surface area contributed by atoms with Crippen LogP contribution in [-0.4, -0.2) is 24.5 Å². The van der Waals surface area contributed by atoms with Crippen molar-refractivity contribution in [2.45, 2.75) is 13.3 Å². The first kappa shape index (κ1) is 19.5. The van der Waals surface area contributed by atoms with E-state index in [1.807, 2.05) is 13.0 Å². The number of benzene rings is 2. The molecule has 0 spiro atoms. The molecule has 1 aromatic heterocycles. The van der Waals surface area contributed by atoms with E-state index in [0.29, 0.717) is 22.9 Å². The fraction of sp³-hybridized carbons (Fsp3) is 0.200. The van der Waals surface area contributed by atoms with Gasteiger partial charge in [0, 0.05) is 17.5 Å². The summed E-state index contributed by atoms with van der Waals surface area (Å²) in [6.45, 7) is 1.90. The summed E-state index contributed by atoms with van der Waals surface area (Å²) in [4.78, 5) is 27.1. The number of rotatable bonds is 5. The Labute approximate surface area is 158 Å². The molecule has 5 nitrogen and oxygen atoms in total. The van der Waals surface area contributed by atoms with E-state index in [2.05, 4.69) is 10.3 Å². The van der Waals surface area contributed by atoms with E-state index >= 15 is 0 Å². The molecule has 0 aliphatic carbocycles. The molecule has 0 unspecified atom stereocenters. The number of methoxy groups -OCH3 is 1. The van der Waals surface area contributed by atoms with E-state index in [0.717, 1.165) is 17.0 Å². The summed E-state index contributed by atoms with van der Waals surface area (Å²) in [5, 5.41) is 3.20. The normalized spacial score (nSPS) is 10.9. The number of nitrogens with one attached hydrogen (secondary N) is 2. The Bertz CT molecular complexity index is 1130. The molecule has 1 heterocycles. The van der Waals surface area contributed by atoms with Gasteiger partial charge in [0.15, 0.2) is 17.5 Å². The SMILES string of the molecule is COc1ccc(C)c2cc(CCNC(=O)c3ccc(F)c(F)c3F)c(=O)[nH]c12. The molecule has 0 aliphatic heterocycles. The lowest BCUT2D eigenvalue weighted by atomic mass is 10.1. The van der Waals surface area contributed by atoms with Crippen molar-refractivity contribution in [1.29, 1.82) is 0 Å². The Morgan fingerprint density at radius 2 is 1.89 bits per heavy atom. The van der Waals surface area contributed by atoms with Crippen LogP contribution in [0.2, 0.25) is 0 Å². The Morgan fingerprint density at radius 3 is 2.61 bits per heavy atom. The molecule has 2 N–H and O–H groups in total. The van der Waals surface area contributed by atoms with E-state index in [4.69, 9.17) is 4.74 Å². The van der Waals surface area contributed by atoms with Gasteiger partial charge in [-0.3, -0.25) is 9.59 Å². The number of fused-ring (bicyclic) bond motifs is 1. The average molecular weight is 390 g/mol. The predicted octanol–water partition coefficient (Wildman–Crippen LogP) is 3.23. The second-order valence-electron chi connectivity index (χ2n) is 6.23. The third-order valence-corrected chi connectivity index (χ3v) is 4.45. The summed E-state index contributed by atoms with van der Waals surface area (Å²) in [7, 11) is 1.50. The summed E-state index contributed by atoms with van der Waals surface area (Å²) in [6, 6.07) is 6.86. The highest BCUT2D eigenvalue weighted by molar-refractivity contribution is 5.94. The first-order valence-electron chi connectivity index (χ1n) is 8.44. The average Bonchev–Trinajstić information content (AvgIpc) is 2.67. The largest absolute Gasteiger partial charge is 0.495 e. The molecule has 146 valence electrons. The molecular formula is C20H17F3N2O3. The minimum absolute atomic E-state index is 0.00880. The Kier molecular flexibility index (Phi) is 5.39. The Morgan fingerprint density at radius 1 is 1.14 bits per heavy atom. The molecule has 3 aromatic rings. The summed E-state index contributed by atoms with van der Waals surface area (Å²) in [5.74, 6) is -4.99. The van der Waals surface area contributed by atoms with Crippen molar-refractivity contribution in [2.75, 3.05) is 13.7 Å². The number of aryl methyl sites for hydroxylation is 1. The first-order valence-corrected chi connectivity index (χ1v) is 8.44. The van der Waals surface area contributed by atoms with Crippen molar-refractivity contribution in [3.63, 3.8) is 0 Å². The van der Waals surface area contributed by atoms with Gasteiger partial charge in [0.05, 0.1) is 18.2 Å². The predicted molar refractivity (Wildman–Crippen MR) is 98.2 cm³/mol. The number of ether oxygens (including phenoxy) is 1. The fourth-order valence-electron chi connectivity index (χ4n) is 2.92. The van der Waals surface area contributed by atoms with Crippen LogP contribution in [0, 0.1) is 24.4 Å². The molecule has 0 atom stereocenters. The van der Waals surface area contributed by atoms with Gasteiger partial charge in [-0.1, -0.05) is 6.07 Å². The highest BCUT2D eigenvalue weighted by Gasteiger charge is 2.18. The second kappa shape index (κ2) is 7.75. The van der Waals surface area contributed by atoms with Gasteiger partial charge in [0.2, 0.25) is 0 Å². The molecule has 0 bridgehead atoms. The molecule has 0 radical (unpaired) electrons. The summed E-state index contributed by atoms with van der Waals surface area (Å²) < 4.78 is 45.1. The van der Waals surface area contributed by atoms with Gasteiger partial charge in [0.1, 0.15) is 5.75 Å². The third-order valence-electron chi connectivity index (χ3n) is 4.45. The number of aromatic amines is 1. The van der Waals surface area contributed by atoms with Crippen molar-refractivity contribution in [2.24, 2.45) is 0 Å². The number of carbonyl (C=O) groups excluding carboxylic acids is 1. The number of pyridine rings is 1. The molecule has 0 saturated heterocycles. The van der Waals surface area contributed by atoms with Gasteiger partial charge in [-0.2, -0.15) is 0 Å². The van der Waals surface area contributed by atoms with Crippen LogP contribution >= 0.6 is 0 Å². The van der Waals surface area contributed by atoms with Crippen molar-refractivity contribution in [3.8, 4) is 5.75 Å². The smallest absolute Gasteiger partial charge is 0.254 e. The molecule has 0 aliphatic rings. The van der Waals surface area contributed by atoms with Crippen molar-refractivity contribution < 1.29 is 22.7 Å². The lowest BCUT2D eigenvalue weighted by Gasteiger charge is -2.10. The van der Waals surface area contributed by atoms with Crippen LogP contribution in [0.15, 0.2) is 35.1 Å². The molecule has 1 amide bonds. The molecule has 8 heteroatoms. The number of hydrogen-bond donors (Lipinski definition) is 2. The molecule has 0 fully saturated rings. The van der Waals surface area contributed by atoms with Gasteiger partial charge in [-0.25, -0.2) is 13.2 Å². The molecule has 28 heavy (non-hydrogen) atoms. The van der Waals surface area contributed by atoms with Crippen LogP contribution < -0.4 is 15.6 Å². The number of hydrogen-bond acceptors (Lipinski definition) is 3. The number of H-pyrrole nitrogens is 1. The lowest BCUT2D eigenvalue weighted by molar-refractivity contribution is 0.0948. The number of halogens is 3. The van der Waals surface area contributed by atoms with Crippen molar-refractivity contribution in [3.05, 3.63) is 74.8 Å². The van der Waals surface area contributed by atoms with E-state index in [9.17, 15) is 22.8 Å². The first-order chi connectivity index (χ1) is 13.3. The molecule has 2 aromatic carbocycles. The van der Waals surface area contributed by atoms with E-state index in [1.54, 1.807) is 12.1 Å². The molecule has 0 saturated carbocycles. The van der Waals surface area contributed by atoms with Gasteiger partial charge < -0.3 is 15.0 Å². The maximum absolute atomic E-state index is 13.7. The summed E-state index contributed by atoms with van der Waals surface area (Å²) in [5.41, 5.74) is 0.969. The van der Waals surface area contributed by atoms with Crippen molar-refractivity contribution in [1.82, 2.24) is 10.3 Å². The number of amides is 1. The van der Waals surface area contributed by atoms with Gasteiger partial charge >= 0.3 is 0 Å². The zero-order valence-electron chi connectivity index (χ0n) is 15.2. The van der Waals surface area contributed by atoms with E-state index < -0.39 is 28.9 Å². The molecule has 3 rings (SSSR count). The monoisotopic (exact) mass is 390 g/mol. The quantitative estimate of drug-likeness (QED) is 0.657. The van der Waals surface area contributed by atoms with Gasteiger partial charge in [-0.15, -0.1) is 0 Å². The maximum atomic E-state index is 13.7. The number of aromatic nitrogens is 1. The van der Waals surface area contributed by atoms with Crippen molar-refractivity contribution >= 4 is 16.8 Å². The van der Waals surface area contributed by atoms with E-state index in [1.165, 1.54) is 7.11 Å². The minimum atomic E-state index is -1.71. The van der Waals surface area contributed by atoms with E-state index in [-0.39, 0.29) is 18.5 Å². The van der Waals surface area contributed by atoms with Crippen LogP contribution in [0.5, 0.6) is 5.75 Å². The maximum Gasteiger partial charge on any atom is 0.254 e. The standard InChI is InChI=1S/C20H17F3N2O3/c1-10-3-6-15(28-2)18-13(10)9-11(19(26)25-18)7-8-24-20(27)12-4-5-14(21)17(23)16(12)22/h3-6,9H,7-8H2,1-2H3,(H,24,27)(H,25,26). The Balaban J connectivity index is 1.78. The van der Waals surface area contributed by atoms with Crippen LogP contribution in [0.3, 0.4) is 0 Å². The number of carbonyl (C=O) groups is 1. The zero-order chi connectivity index (χ0) is 20.4. The highest BCUT2D eigenvalue weighted by Crippen LogP contribution is 2.25. The fourth-order valence-corrected chi connectivity index (χ4v) is 2.92. The Hall–Kier alpha value is -3.29. The third kappa shape index (κ3) is 3.58. The lowest BCUT2D eigenvalue weighted by Crippen LogP contribution is -2.28. The van der Waals surface area contributed by atoms with Crippen LogP contribution in [0.1, 0.15) is 21.5 Å². The van der Waals surface area contributed by atoms with Crippen LogP contribution in [-0.2, 0) is 6.42 Å². The zero-order valence-corrected chi connectivity index (χ0v) is 15.2. The second-order valence-corrected chi connectivity index (χ2v) is 6.23. The molecular weight excluding hydrogens is 373 g/mol.